The molecule has 1 aliphatic heterocycles. The van der Waals surface area contributed by atoms with Crippen LogP contribution < -0.4 is 9.38 Å². The Morgan fingerprint density at radius 2 is 1.50 bits per heavy atom. The zero-order valence-corrected chi connectivity index (χ0v) is 20.8. The van der Waals surface area contributed by atoms with Crippen LogP contribution in [0.2, 0.25) is 10.0 Å². The number of hydrogen-bond acceptors (Lipinski definition) is 3. The second-order valence-corrected chi connectivity index (χ2v) is 8.61. The third kappa shape index (κ3) is 5.44. The molecule has 0 N–H and O–H groups in total. The third-order valence-electron chi connectivity index (χ3n) is 6.02. The summed E-state index contributed by atoms with van der Waals surface area (Å²) in [7, 11) is 0. The van der Waals surface area contributed by atoms with Crippen LogP contribution >= 0.6 is 48.0 Å². The number of hydroxylamine groups is 5. The first-order chi connectivity index (χ1) is 14.3. The molecule has 0 aromatic heterocycles. The molecule has 1 aliphatic rings. The van der Waals surface area contributed by atoms with Crippen molar-refractivity contribution in [3.05, 3.63) is 80.6 Å². The highest BCUT2D eigenvalue weighted by Crippen LogP contribution is 2.35. The van der Waals surface area contributed by atoms with Crippen LogP contribution in [0.4, 0.5) is 5.69 Å². The van der Waals surface area contributed by atoms with E-state index >= 15 is 0 Å². The van der Waals surface area contributed by atoms with Crippen molar-refractivity contribution >= 4 is 64.5 Å². The van der Waals surface area contributed by atoms with Gasteiger partial charge in [-0.05, 0) is 55.0 Å². The number of ether oxygens (including phenoxy) is 1. The fourth-order valence-electron chi connectivity index (χ4n) is 3.90. The Morgan fingerprint density at radius 3 is 2.12 bits per heavy atom. The number of quaternary nitrogens is 2. The number of nitrogens with zero attached hydrogens (tertiary/aromatic N) is 2. The van der Waals surface area contributed by atoms with E-state index in [0.717, 1.165) is 22.1 Å². The van der Waals surface area contributed by atoms with Gasteiger partial charge in [-0.3, -0.25) is 0 Å². The Hall–Kier alpha value is -1.28. The van der Waals surface area contributed by atoms with E-state index in [0.29, 0.717) is 55.1 Å². The van der Waals surface area contributed by atoms with Crippen molar-refractivity contribution < 1.29 is 9.38 Å². The van der Waals surface area contributed by atoms with Gasteiger partial charge in [0.05, 0.1) is 16.6 Å². The number of hydrogen-bond donors (Lipinski definition) is 0. The first-order valence-electron chi connectivity index (χ1n) is 10.1. The van der Waals surface area contributed by atoms with Crippen LogP contribution in [0.1, 0.15) is 12.5 Å². The smallest absolute Gasteiger partial charge is 0.133 e. The van der Waals surface area contributed by atoms with Gasteiger partial charge in [-0.15, -0.1) is 24.8 Å². The molecule has 0 radical (unpaired) electrons. The van der Waals surface area contributed by atoms with Gasteiger partial charge in [0, 0.05) is 10.8 Å². The monoisotopic (exact) mass is 518 g/mol. The minimum absolute atomic E-state index is 0. The summed E-state index contributed by atoms with van der Waals surface area (Å²) in [5, 5.41) is 28.3. The van der Waals surface area contributed by atoms with Gasteiger partial charge < -0.3 is 24.4 Å². The summed E-state index contributed by atoms with van der Waals surface area (Å²) in [5.41, 5.74) is 1.65. The van der Waals surface area contributed by atoms with Crippen molar-refractivity contribution in [2.75, 3.05) is 32.7 Å². The molecule has 1 fully saturated rings. The molecule has 4 rings (SSSR count). The number of likely N-dealkylation sites (N-methyl/N-ethyl adjacent to an activating group) is 1. The molecule has 0 atom stereocenters. The molecule has 0 spiro atoms. The second-order valence-electron chi connectivity index (χ2n) is 7.83. The Kier molecular flexibility index (Phi) is 9.07. The standard InChI is InChI=1S/C23H24Cl2N2O3.2ClH/c1-2-26(28)12-14-27(29,15-13-26)18-8-6-17(7-9-18)16-30-22-5-3-4-20-19(22)10-11-21(24)23(20)25;;/h3-11H,2,12-16H2,1H3;2*1H. The average molecular weight is 520 g/mol. The summed E-state index contributed by atoms with van der Waals surface area (Å²) < 4.78 is 5.32. The van der Waals surface area contributed by atoms with Crippen molar-refractivity contribution in [3.8, 4) is 5.75 Å². The topological polar surface area (TPSA) is 55.3 Å². The minimum atomic E-state index is -0.439. The van der Waals surface area contributed by atoms with Crippen LogP contribution in [0.3, 0.4) is 0 Å². The average Bonchev–Trinajstić information content (AvgIpc) is 2.77. The lowest BCUT2D eigenvalue weighted by molar-refractivity contribution is -0.882. The van der Waals surface area contributed by atoms with Crippen molar-refractivity contribution in [3.63, 3.8) is 0 Å². The van der Waals surface area contributed by atoms with E-state index in [4.69, 9.17) is 27.9 Å². The summed E-state index contributed by atoms with van der Waals surface area (Å²) in [5.74, 6) is 0.725. The highest BCUT2D eigenvalue weighted by molar-refractivity contribution is 6.45. The van der Waals surface area contributed by atoms with Gasteiger partial charge in [-0.2, -0.15) is 0 Å². The molecule has 3 aromatic rings. The van der Waals surface area contributed by atoms with Gasteiger partial charge in [0.25, 0.3) is 0 Å². The summed E-state index contributed by atoms with van der Waals surface area (Å²) in [6.07, 6.45) is 0. The van der Waals surface area contributed by atoms with Gasteiger partial charge >= 0.3 is 0 Å². The summed E-state index contributed by atoms with van der Waals surface area (Å²) in [4.78, 5) is 0. The summed E-state index contributed by atoms with van der Waals surface area (Å²) in [6.45, 7) is 4.11. The van der Waals surface area contributed by atoms with E-state index in [1.54, 1.807) is 6.07 Å². The van der Waals surface area contributed by atoms with E-state index in [1.807, 2.05) is 55.5 Å². The summed E-state index contributed by atoms with van der Waals surface area (Å²) in [6, 6.07) is 16.9. The Bertz CT molecular complexity index is 1060. The van der Waals surface area contributed by atoms with E-state index in [2.05, 4.69) is 0 Å². The predicted molar refractivity (Wildman–Crippen MR) is 138 cm³/mol. The molecule has 1 heterocycles. The molecule has 3 aromatic carbocycles. The zero-order chi connectivity index (χ0) is 21.4. The number of benzene rings is 3. The molecular weight excluding hydrogens is 494 g/mol. The predicted octanol–water partition coefficient (Wildman–Crippen LogP) is 6.72. The fraction of sp³-hybridized carbons (Fsp3) is 0.304. The Labute approximate surface area is 210 Å². The number of halogens is 4. The quantitative estimate of drug-likeness (QED) is 0.277. The van der Waals surface area contributed by atoms with Gasteiger partial charge in [0.2, 0.25) is 0 Å². The maximum Gasteiger partial charge on any atom is 0.133 e. The highest BCUT2D eigenvalue weighted by atomic mass is 35.5. The lowest BCUT2D eigenvalue weighted by Gasteiger charge is -2.53. The van der Waals surface area contributed by atoms with Crippen molar-refractivity contribution in [1.82, 2.24) is 4.65 Å². The van der Waals surface area contributed by atoms with Crippen molar-refractivity contribution in [2.45, 2.75) is 13.5 Å². The number of fused-ring (bicyclic) bond motifs is 1. The molecule has 0 aliphatic carbocycles. The first kappa shape index (κ1) is 27.0. The van der Waals surface area contributed by atoms with Crippen molar-refractivity contribution in [1.29, 1.82) is 0 Å². The Balaban J connectivity index is 0.00000181. The second kappa shape index (κ2) is 10.8. The van der Waals surface area contributed by atoms with Gasteiger partial charge in [0.15, 0.2) is 0 Å². The molecule has 0 amide bonds. The van der Waals surface area contributed by atoms with Gasteiger partial charge in [-0.25, -0.2) is 0 Å². The van der Waals surface area contributed by atoms with Crippen molar-refractivity contribution in [2.24, 2.45) is 0 Å². The lowest BCUT2D eigenvalue weighted by Crippen LogP contribution is -2.63. The molecule has 0 saturated carbocycles. The lowest BCUT2D eigenvalue weighted by atomic mass is 10.1. The van der Waals surface area contributed by atoms with Crippen LogP contribution in [0, 0.1) is 10.4 Å². The van der Waals surface area contributed by atoms with Crippen LogP contribution in [-0.2, 0) is 6.61 Å². The maximum absolute atomic E-state index is 13.2. The first-order valence-corrected chi connectivity index (χ1v) is 10.8. The number of rotatable bonds is 5. The normalized spacial score (nSPS) is 22.7. The van der Waals surface area contributed by atoms with Gasteiger partial charge in [-0.1, -0.05) is 35.3 Å². The van der Waals surface area contributed by atoms with Crippen LogP contribution in [0.15, 0.2) is 54.6 Å². The van der Waals surface area contributed by atoms with E-state index in [1.165, 1.54) is 0 Å². The molecule has 1 saturated heterocycles. The number of piperazine rings is 1. The molecule has 174 valence electrons. The van der Waals surface area contributed by atoms with E-state index in [9.17, 15) is 10.4 Å². The largest absolute Gasteiger partial charge is 0.632 e. The molecule has 9 heteroatoms. The molecule has 32 heavy (non-hydrogen) atoms. The third-order valence-corrected chi connectivity index (χ3v) is 6.84. The fourth-order valence-corrected chi connectivity index (χ4v) is 4.29. The molecule has 5 nitrogen and oxygen atoms in total. The van der Waals surface area contributed by atoms with Gasteiger partial charge in [0.1, 0.15) is 44.2 Å². The molecular formula is C23H26Cl4N2O3. The molecule has 0 bridgehead atoms. The van der Waals surface area contributed by atoms with Crippen LogP contribution in [0.5, 0.6) is 5.75 Å². The van der Waals surface area contributed by atoms with Crippen LogP contribution in [0.25, 0.3) is 10.8 Å². The van der Waals surface area contributed by atoms with E-state index < -0.39 is 4.65 Å². The summed E-state index contributed by atoms with van der Waals surface area (Å²) >= 11 is 12.4. The highest BCUT2D eigenvalue weighted by Gasteiger charge is 2.32. The maximum atomic E-state index is 13.2. The zero-order valence-electron chi connectivity index (χ0n) is 17.6. The molecule has 0 unspecified atom stereocenters. The van der Waals surface area contributed by atoms with Crippen LogP contribution in [-0.4, -0.2) is 37.4 Å². The Morgan fingerprint density at radius 1 is 0.844 bits per heavy atom. The minimum Gasteiger partial charge on any atom is -0.632 e. The van der Waals surface area contributed by atoms with E-state index in [-0.39, 0.29) is 29.5 Å². The SMILES string of the molecule is CC[N+]1([O-])CC[N+]([O-])(c2ccc(COc3cccc4c(Cl)c(Cl)ccc34)cc2)CC1.Cl.Cl.